The van der Waals surface area contributed by atoms with Crippen LogP contribution < -0.4 is 0 Å². The smallest absolute Gasteiger partial charge is 0.335 e. The van der Waals surface area contributed by atoms with Crippen LogP contribution in [0, 0.1) is 21.4 Å². The maximum absolute atomic E-state index is 12.3. The van der Waals surface area contributed by atoms with E-state index in [-0.39, 0.29) is 22.4 Å². The molecule has 0 aliphatic rings. The summed E-state index contributed by atoms with van der Waals surface area (Å²) < 4.78 is 0. The lowest BCUT2D eigenvalue weighted by Gasteiger charge is -2.01. The van der Waals surface area contributed by atoms with Crippen LogP contribution in [0.15, 0.2) is 54.1 Å². The van der Waals surface area contributed by atoms with Gasteiger partial charge in [0.05, 0.1) is 10.5 Å². The Labute approximate surface area is 136 Å². The molecule has 0 aliphatic carbocycles. The fourth-order valence-electron chi connectivity index (χ4n) is 1.95. The molecule has 2 aromatic carbocycles. The number of ketones is 1. The first-order chi connectivity index (χ1) is 11.4. The van der Waals surface area contributed by atoms with Gasteiger partial charge in [-0.3, -0.25) is 14.9 Å². The monoisotopic (exact) mass is 322 g/mol. The molecule has 118 valence electrons. The molecule has 0 heterocycles. The number of carboxylic acids is 1. The van der Waals surface area contributed by atoms with Gasteiger partial charge < -0.3 is 5.11 Å². The first-order valence-electron chi connectivity index (χ1n) is 6.66. The number of hydrogen-bond donors (Lipinski definition) is 1. The van der Waals surface area contributed by atoms with E-state index in [1.54, 1.807) is 6.07 Å². The van der Waals surface area contributed by atoms with Gasteiger partial charge in [-0.15, -0.1) is 0 Å². The summed E-state index contributed by atoms with van der Waals surface area (Å²) in [5.41, 5.74) is 0.118. The summed E-state index contributed by atoms with van der Waals surface area (Å²) >= 11 is 0. The second-order valence-corrected chi connectivity index (χ2v) is 4.73. The van der Waals surface area contributed by atoms with Gasteiger partial charge in [-0.25, -0.2) is 4.79 Å². The van der Waals surface area contributed by atoms with Crippen molar-refractivity contribution in [2.45, 2.75) is 0 Å². The first kappa shape index (κ1) is 16.6. The summed E-state index contributed by atoms with van der Waals surface area (Å²) in [5.74, 6) is -1.73. The summed E-state index contributed by atoms with van der Waals surface area (Å²) in [6, 6.07) is 12.5. The standard InChI is InChI=1S/C17H10N2O5/c18-10-14(8-11-4-6-12(7-5-11)17(21)22)16(20)13-2-1-3-15(9-13)19(23)24/h1-9H,(H,21,22)/b14-8+. The molecular weight excluding hydrogens is 312 g/mol. The maximum Gasteiger partial charge on any atom is 0.335 e. The lowest BCUT2D eigenvalue weighted by Crippen LogP contribution is -2.03. The molecule has 0 atom stereocenters. The molecule has 0 fully saturated rings. The summed E-state index contributed by atoms with van der Waals surface area (Å²) in [6.07, 6.45) is 1.30. The van der Waals surface area contributed by atoms with Crippen LogP contribution in [0.2, 0.25) is 0 Å². The van der Waals surface area contributed by atoms with Crippen molar-refractivity contribution >= 4 is 23.5 Å². The van der Waals surface area contributed by atoms with Crippen LogP contribution >= 0.6 is 0 Å². The van der Waals surface area contributed by atoms with E-state index in [1.165, 1.54) is 48.5 Å². The molecule has 2 aromatic rings. The third-order valence-corrected chi connectivity index (χ3v) is 3.15. The predicted octanol–water partition coefficient (Wildman–Crippen LogP) is 3.08. The average Bonchev–Trinajstić information content (AvgIpc) is 2.59. The molecule has 0 amide bonds. The Bertz CT molecular complexity index is 892. The van der Waals surface area contributed by atoms with Gasteiger partial charge in [0.25, 0.3) is 5.69 Å². The number of nitrogens with zero attached hydrogens (tertiary/aromatic N) is 2. The molecule has 24 heavy (non-hydrogen) atoms. The fraction of sp³-hybridized carbons (Fsp3) is 0. The van der Waals surface area contributed by atoms with E-state index in [0.29, 0.717) is 5.56 Å². The maximum atomic E-state index is 12.3. The minimum Gasteiger partial charge on any atom is -0.478 e. The van der Waals surface area contributed by atoms with Crippen molar-refractivity contribution in [3.63, 3.8) is 0 Å². The minimum absolute atomic E-state index is 0.0270. The van der Waals surface area contributed by atoms with Gasteiger partial charge in [0.15, 0.2) is 0 Å². The number of carbonyl (C=O) groups is 2. The van der Waals surface area contributed by atoms with Crippen LogP contribution in [0.25, 0.3) is 6.08 Å². The molecular formula is C17H10N2O5. The topological polar surface area (TPSA) is 121 Å². The van der Waals surface area contributed by atoms with E-state index in [1.807, 2.05) is 0 Å². The van der Waals surface area contributed by atoms with Gasteiger partial charge in [-0.05, 0) is 23.8 Å². The third kappa shape index (κ3) is 3.69. The molecule has 0 unspecified atom stereocenters. The van der Waals surface area contributed by atoms with Crippen LogP contribution in [0.1, 0.15) is 26.3 Å². The molecule has 7 heteroatoms. The van der Waals surface area contributed by atoms with E-state index >= 15 is 0 Å². The number of nitro benzene ring substituents is 1. The lowest BCUT2D eigenvalue weighted by atomic mass is 10.0. The summed E-state index contributed by atoms with van der Waals surface area (Å²) in [7, 11) is 0. The zero-order valence-electron chi connectivity index (χ0n) is 12.2. The molecule has 0 saturated heterocycles. The molecule has 0 spiro atoms. The number of non-ortho nitro benzene ring substituents is 1. The van der Waals surface area contributed by atoms with Gasteiger partial charge >= 0.3 is 5.97 Å². The quantitative estimate of drug-likeness (QED) is 0.297. The second-order valence-electron chi connectivity index (χ2n) is 4.73. The number of nitro groups is 1. The Morgan fingerprint density at radius 3 is 2.33 bits per heavy atom. The SMILES string of the molecule is N#C/C(=C\c1ccc(C(=O)O)cc1)C(=O)c1cccc([N+](=O)[O-])c1. The van der Waals surface area contributed by atoms with Crippen molar-refractivity contribution in [1.29, 1.82) is 5.26 Å². The van der Waals surface area contributed by atoms with Gasteiger partial charge in [-0.2, -0.15) is 5.26 Å². The van der Waals surface area contributed by atoms with Gasteiger partial charge in [0.2, 0.25) is 5.78 Å². The van der Waals surface area contributed by atoms with Crippen LogP contribution in [0.3, 0.4) is 0 Å². The van der Waals surface area contributed by atoms with Crippen molar-refractivity contribution in [2.24, 2.45) is 0 Å². The second kappa shape index (κ2) is 6.98. The Morgan fingerprint density at radius 1 is 1.12 bits per heavy atom. The van der Waals surface area contributed by atoms with Crippen LogP contribution in [-0.2, 0) is 0 Å². The minimum atomic E-state index is -1.08. The lowest BCUT2D eigenvalue weighted by molar-refractivity contribution is -0.384. The van der Waals surface area contributed by atoms with Gasteiger partial charge in [0, 0.05) is 17.7 Å². The fourth-order valence-corrected chi connectivity index (χ4v) is 1.95. The number of carbonyl (C=O) groups excluding carboxylic acids is 1. The summed E-state index contributed by atoms with van der Waals surface area (Å²) in [5, 5.41) is 28.8. The molecule has 7 nitrogen and oxygen atoms in total. The number of allylic oxidation sites excluding steroid dienone is 1. The Morgan fingerprint density at radius 2 is 1.79 bits per heavy atom. The highest BCUT2D eigenvalue weighted by Crippen LogP contribution is 2.18. The van der Waals surface area contributed by atoms with Crippen LogP contribution in [0.5, 0.6) is 0 Å². The molecule has 2 rings (SSSR count). The van der Waals surface area contributed by atoms with Crippen LogP contribution in [0.4, 0.5) is 5.69 Å². The number of aromatic carboxylic acids is 1. The first-order valence-corrected chi connectivity index (χ1v) is 6.66. The zero-order valence-corrected chi connectivity index (χ0v) is 12.2. The average molecular weight is 322 g/mol. The number of hydrogen-bond acceptors (Lipinski definition) is 5. The van der Waals surface area contributed by atoms with Crippen molar-refractivity contribution in [2.75, 3.05) is 0 Å². The Balaban J connectivity index is 2.35. The number of rotatable bonds is 5. The van der Waals surface area contributed by atoms with E-state index in [2.05, 4.69) is 0 Å². The molecule has 1 N–H and O–H groups in total. The molecule has 0 aromatic heterocycles. The number of benzene rings is 2. The van der Waals surface area contributed by atoms with Crippen molar-refractivity contribution in [1.82, 2.24) is 0 Å². The van der Waals surface area contributed by atoms with Crippen molar-refractivity contribution in [3.05, 3.63) is 80.9 Å². The highest BCUT2D eigenvalue weighted by Gasteiger charge is 2.15. The number of carboxylic acid groups (broad SMARTS) is 1. The molecule has 0 saturated carbocycles. The number of nitriles is 1. The predicted molar refractivity (Wildman–Crippen MR) is 84.4 cm³/mol. The molecule has 0 radical (unpaired) electrons. The normalized spacial score (nSPS) is 10.7. The summed E-state index contributed by atoms with van der Waals surface area (Å²) in [4.78, 5) is 33.2. The van der Waals surface area contributed by atoms with Crippen molar-refractivity contribution < 1.29 is 19.6 Å². The van der Waals surface area contributed by atoms with E-state index in [0.717, 1.165) is 6.07 Å². The molecule has 0 bridgehead atoms. The Hall–Kier alpha value is -3.79. The van der Waals surface area contributed by atoms with Gasteiger partial charge in [-0.1, -0.05) is 24.3 Å². The van der Waals surface area contributed by atoms with E-state index in [4.69, 9.17) is 5.11 Å². The van der Waals surface area contributed by atoms with Crippen molar-refractivity contribution in [3.8, 4) is 6.07 Å². The largest absolute Gasteiger partial charge is 0.478 e. The van der Waals surface area contributed by atoms with E-state index < -0.39 is 16.7 Å². The number of Topliss-reactive ketones (excluding diaryl/α,β-unsaturated/α-hetero) is 1. The van der Waals surface area contributed by atoms with E-state index in [9.17, 15) is 25.0 Å². The molecule has 0 aliphatic heterocycles. The third-order valence-electron chi connectivity index (χ3n) is 3.15. The van der Waals surface area contributed by atoms with Crippen LogP contribution in [-0.4, -0.2) is 21.8 Å². The summed E-state index contributed by atoms with van der Waals surface area (Å²) in [6.45, 7) is 0. The Kier molecular flexibility index (Phi) is 4.82. The highest BCUT2D eigenvalue weighted by atomic mass is 16.6. The highest BCUT2D eigenvalue weighted by molar-refractivity contribution is 6.14. The van der Waals surface area contributed by atoms with Gasteiger partial charge in [0.1, 0.15) is 11.6 Å². The zero-order chi connectivity index (χ0) is 17.7.